The summed E-state index contributed by atoms with van der Waals surface area (Å²) >= 11 is 0. The summed E-state index contributed by atoms with van der Waals surface area (Å²) in [6.07, 6.45) is -0.337. The molecule has 1 heterocycles. The van der Waals surface area contributed by atoms with E-state index < -0.39 is 0 Å². The highest BCUT2D eigenvalue weighted by molar-refractivity contribution is 5.70. The molecule has 0 aromatic heterocycles. The number of hydrogen-bond acceptors (Lipinski definition) is 4. The Kier molecular flexibility index (Phi) is 4.98. The van der Waals surface area contributed by atoms with Crippen molar-refractivity contribution in [3.05, 3.63) is 29.8 Å². The second kappa shape index (κ2) is 6.72. The van der Waals surface area contributed by atoms with Gasteiger partial charge in [0.05, 0.1) is 0 Å². The third-order valence-electron chi connectivity index (χ3n) is 3.52. The molecule has 0 atom stereocenters. The maximum Gasteiger partial charge on any atom is 0.414 e. The summed E-state index contributed by atoms with van der Waals surface area (Å²) in [5.41, 5.74) is 1.06. The van der Waals surface area contributed by atoms with E-state index in [0.717, 1.165) is 38.3 Å². The summed E-state index contributed by atoms with van der Waals surface area (Å²) in [6, 6.07) is 7.76. The molecule has 5 nitrogen and oxygen atoms in total. The normalized spacial score (nSPS) is 16.9. The molecule has 1 aromatic rings. The van der Waals surface area contributed by atoms with Crippen LogP contribution >= 0.6 is 0 Å². The minimum Gasteiger partial charge on any atom is -0.410 e. The Balaban J connectivity index is 2.02. The van der Waals surface area contributed by atoms with Gasteiger partial charge < -0.3 is 14.5 Å². The van der Waals surface area contributed by atoms with Gasteiger partial charge in [-0.1, -0.05) is 18.2 Å². The third kappa shape index (κ3) is 3.95. The average molecular weight is 277 g/mol. The van der Waals surface area contributed by atoms with Crippen LogP contribution in [0, 0.1) is 0 Å². The smallest absolute Gasteiger partial charge is 0.410 e. The van der Waals surface area contributed by atoms with Crippen molar-refractivity contribution < 1.29 is 9.53 Å². The molecule has 0 bridgehead atoms. The first-order chi connectivity index (χ1) is 9.56. The molecule has 2 rings (SSSR count). The van der Waals surface area contributed by atoms with Crippen LogP contribution in [0.1, 0.15) is 5.56 Å². The number of carbonyl (C=O) groups excluding carboxylic acids is 1. The number of rotatable bonds is 3. The zero-order valence-corrected chi connectivity index (χ0v) is 12.5. The predicted molar refractivity (Wildman–Crippen MR) is 78.9 cm³/mol. The number of amides is 1. The highest BCUT2D eigenvalue weighted by atomic mass is 16.6. The van der Waals surface area contributed by atoms with Crippen LogP contribution < -0.4 is 4.74 Å². The Morgan fingerprint density at radius 1 is 1.20 bits per heavy atom. The van der Waals surface area contributed by atoms with E-state index in [4.69, 9.17) is 4.74 Å². The van der Waals surface area contributed by atoms with Gasteiger partial charge in [-0.2, -0.15) is 0 Å². The Labute approximate surface area is 120 Å². The van der Waals surface area contributed by atoms with E-state index >= 15 is 0 Å². The van der Waals surface area contributed by atoms with Crippen molar-refractivity contribution in [3.63, 3.8) is 0 Å². The second-order valence-corrected chi connectivity index (χ2v) is 5.45. The van der Waals surface area contributed by atoms with Crippen molar-refractivity contribution in [1.29, 1.82) is 0 Å². The molecule has 0 radical (unpaired) electrons. The van der Waals surface area contributed by atoms with Crippen molar-refractivity contribution in [3.8, 4) is 5.75 Å². The molecular formula is C15H23N3O2. The fraction of sp³-hybridized carbons (Fsp3) is 0.533. The van der Waals surface area contributed by atoms with Crippen LogP contribution in [0.3, 0.4) is 0 Å². The monoisotopic (exact) mass is 277 g/mol. The SMILES string of the molecule is CN1CCN(Cc2ccccc2OC(=O)N(C)C)CC1. The number of ether oxygens (including phenoxy) is 1. The molecule has 1 amide bonds. The number of piperazine rings is 1. The van der Waals surface area contributed by atoms with Crippen molar-refractivity contribution in [2.24, 2.45) is 0 Å². The van der Waals surface area contributed by atoms with E-state index in [2.05, 4.69) is 16.8 Å². The summed E-state index contributed by atoms with van der Waals surface area (Å²) < 4.78 is 5.42. The zero-order valence-electron chi connectivity index (χ0n) is 12.5. The summed E-state index contributed by atoms with van der Waals surface area (Å²) in [5, 5.41) is 0. The van der Waals surface area contributed by atoms with E-state index in [1.165, 1.54) is 4.90 Å². The van der Waals surface area contributed by atoms with Crippen LogP contribution in [0.5, 0.6) is 5.75 Å². The maximum absolute atomic E-state index is 11.7. The minimum absolute atomic E-state index is 0.337. The fourth-order valence-electron chi connectivity index (χ4n) is 2.17. The molecule has 1 aliphatic rings. The summed E-state index contributed by atoms with van der Waals surface area (Å²) in [4.78, 5) is 17.8. The molecule has 20 heavy (non-hydrogen) atoms. The first-order valence-electron chi connectivity index (χ1n) is 6.94. The molecule has 110 valence electrons. The van der Waals surface area contributed by atoms with Crippen LogP contribution in [0.2, 0.25) is 0 Å². The standard InChI is InChI=1S/C15H23N3O2/c1-16(2)15(19)20-14-7-5-4-6-13(14)12-18-10-8-17(3)9-11-18/h4-7H,8-12H2,1-3H3. The number of carbonyl (C=O) groups is 1. The molecule has 1 aliphatic heterocycles. The average Bonchev–Trinajstić information content (AvgIpc) is 2.43. The number of likely N-dealkylation sites (N-methyl/N-ethyl adjacent to an activating group) is 1. The highest BCUT2D eigenvalue weighted by Gasteiger charge is 2.17. The van der Waals surface area contributed by atoms with Crippen LogP contribution in [0.15, 0.2) is 24.3 Å². The van der Waals surface area contributed by atoms with Gasteiger partial charge >= 0.3 is 6.09 Å². The fourth-order valence-corrected chi connectivity index (χ4v) is 2.17. The first-order valence-corrected chi connectivity index (χ1v) is 6.94. The lowest BCUT2D eigenvalue weighted by atomic mass is 10.1. The lowest BCUT2D eigenvalue weighted by Gasteiger charge is -2.32. The van der Waals surface area contributed by atoms with Gasteiger partial charge in [-0.05, 0) is 13.1 Å². The number of nitrogens with zero attached hydrogens (tertiary/aromatic N) is 3. The molecule has 1 saturated heterocycles. The van der Waals surface area contributed by atoms with Crippen LogP contribution in [0.25, 0.3) is 0 Å². The van der Waals surface area contributed by atoms with E-state index in [1.54, 1.807) is 14.1 Å². The molecule has 0 spiro atoms. The van der Waals surface area contributed by atoms with E-state index in [0.29, 0.717) is 5.75 Å². The van der Waals surface area contributed by atoms with Gasteiger partial charge in [0.2, 0.25) is 0 Å². The molecule has 0 unspecified atom stereocenters. The Morgan fingerprint density at radius 2 is 1.85 bits per heavy atom. The van der Waals surface area contributed by atoms with Crippen LogP contribution in [-0.2, 0) is 6.54 Å². The van der Waals surface area contributed by atoms with Gasteiger partial charge in [0, 0.05) is 52.4 Å². The molecule has 5 heteroatoms. The first kappa shape index (κ1) is 14.8. The van der Waals surface area contributed by atoms with Crippen molar-refractivity contribution in [2.45, 2.75) is 6.54 Å². The Morgan fingerprint density at radius 3 is 2.50 bits per heavy atom. The van der Waals surface area contributed by atoms with Crippen LogP contribution in [0.4, 0.5) is 4.79 Å². The Bertz CT molecular complexity index is 454. The topological polar surface area (TPSA) is 36.0 Å². The summed E-state index contributed by atoms with van der Waals surface area (Å²) in [6.45, 7) is 5.09. The molecule has 0 aliphatic carbocycles. The summed E-state index contributed by atoms with van der Waals surface area (Å²) in [5.74, 6) is 0.658. The molecule has 0 N–H and O–H groups in total. The lowest BCUT2D eigenvalue weighted by molar-refractivity contribution is 0.145. The third-order valence-corrected chi connectivity index (χ3v) is 3.52. The van der Waals surface area contributed by atoms with E-state index in [9.17, 15) is 4.79 Å². The van der Waals surface area contributed by atoms with Gasteiger partial charge in [0.25, 0.3) is 0 Å². The molecular weight excluding hydrogens is 254 g/mol. The molecule has 1 aromatic carbocycles. The van der Waals surface area contributed by atoms with E-state index in [-0.39, 0.29) is 6.09 Å². The Hall–Kier alpha value is -1.59. The lowest BCUT2D eigenvalue weighted by Crippen LogP contribution is -2.43. The predicted octanol–water partition coefficient (Wildman–Crippen LogP) is 1.49. The van der Waals surface area contributed by atoms with E-state index in [1.807, 2.05) is 24.3 Å². The van der Waals surface area contributed by atoms with Gasteiger partial charge in [-0.15, -0.1) is 0 Å². The molecule has 0 saturated carbocycles. The zero-order chi connectivity index (χ0) is 14.5. The van der Waals surface area contributed by atoms with Gasteiger partial charge in [0.1, 0.15) is 5.75 Å². The summed E-state index contributed by atoms with van der Waals surface area (Å²) in [7, 11) is 5.51. The maximum atomic E-state index is 11.7. The van der Waals surface area contributed by atoms with Crippen molar-refractivity contribution in [2.75, 3.05) is 47.3 Å². The van der Waals surface area contributed by atoms with Gasteiger partial charge in [-0.25, -0.2) is 4.79 Å². The largest absolute Gasteiger partial charge is 0.414 e. The van der Waals surface area contributed by atoms with Gasteiger partial charge in [0.15, 0.2) is 0 Å². The van der Waals surface area contributed by atoms with Gasteiger partial charge in [-0.3, -0.25) is 4.90 Å². The number of hydrogen-bond donors (Lipinski definition) is 0. The quantitative estimate of drug-likeness (QED) is 0.839. The van der Waals surface area contributed by atoms with Crippen LogP contribution in [-0.4, -0.2) is 68.1 Å². The second-order valence-electron chi connectivity index (χ2n) is 5.45. The highest BCUT2D eigenvalue weighted by Crippen LogP contribution is 2.21. The number of benzene rings is 1. The number of para-hydroxylation sites is 1. The molecule has 1 fully saturated rings. The van der Waals surface area contributed by atoms with Crippen molar-refractivity contribution >= 4 is 6.09 Å². The van der Waals surface area contributed by atoms with Crippen molar-refractivity contribution in [1.82, 2.24) is 14.7 Å². The minimum atomic E-state index is -0.337.